The van der Waals surface area contributed by atoms with E-state index < -0.39 is 46.9 Å². The number of benzene rings is 1. The van der Waals surface area contributed by atoms with Gasteiger partial charge in [0.05, 0.1) is 17.5 Å². The topological polar surface area (TPSA) is 61.8 Å². The van der Waals surface area contributed by atoms with E-state index in [9.17, 15) is 35.9 Å². The van der Waals surface area contributed by atoms with Crippen LogP contribution in [0, 0.1) is 0 Å². The molecular formula is C15H15F6N3O2. The number of alkyl halides is 6. The molecule has 0 bridgehead atoms. The van der Waals surface area contributed by atoms with Gasteiger partial charge < -0.3 is 10.2 Å². The van der Waals surface area contributed by atoms with E-state index >= 15 is 0 Å². The van der Waals surface area contributed by atoms with Crippen LogP contribution in [-0.4, -0.2) is 43.2 Å². The zero-order valence-corrected chi connectivity index (χ0v) is 13.9. The van der Waals surface area contributed by atoms with Crippen molar-refractivity contribution in [3.05, 3.63) is 34.9 Å². The maximum Gasteiger partial charge on any atom is 0.416 e. The van der Waals surface area contributed by atoms with E-state index in [1.54, 1.807) is 14.1 Å². The maximum atomic E-state index is 12.8. The van der Waals surface area contributed by atoms with Gasteiger partial charge in [-0.3, -0.25) is 9.59 Å². The molecule has 0 heterocycles. The van der Waals surface area contributed by atoms with Crippen LogP contribution in [-0.2, 0) is 17.1 Å². The fourth-order valence-electron chi connectivity index (χ4n) is 1.71. The first-order valence-electron chi connectivity index (χ1n) is 7.06. The first-order valence-corrected chi connectivity index (χ1v) is 7.06. The molecular weight excluding hydrogens is 368 g/mol. The molecule has 0 radical (unpaired) electrons. The number of hydrogen-bond donors (Lipinski definition) is 1. The molecule has 2 amide bonds. The molecule has 0 aliphatic rings. The number of halogens is 6. The third-order valence-corrected chi connectivity index (χ3v) is 2.98. The fraction of sp³-hybridized carbons (Fsp3) is 0.400. The summed E-state index contributed by atoms with van der Waals surface area (Å²) in [6.07, 6.45) is -9.02. The second-order valence-corrected chi connectivity index (χ2v) is 5.54. The lowest BCUT2D eigenvalue weighted by atomic mass is 10.0. The number of carbonyl (C=O) groups excluding carboxylic acids is 2. The van der Waals surface area contributed by atoms with Crippen molar-refractivity contribution < 1.29 is 35.9 Å². The number of aliphatic imine (C=N–C) groups is 1. The van der Waals surface area contributed by atoms with Gasteiger partial charge in [0.25, 0.3) is 11.8 Å². The molecule has 0 saturated carbocycles. The standard InChI is InChI=1S/C15H15F6N3O2/c1-8(12(25)22-7-24(2)3)23-13(26)9-4-10(14(16,17)18)6-11(5-9)15(19,20)21/h4-8H,1-3H3,(H,23,26)/t8-/m0/s1. The molecule has 1 N–H and O–H groups in total. The zero-order valence-electron chi connectivity index (χ0n) is 13.9. The molecule has 0 aliphatic heterocycles. The molecule has 1 atom stereocenters. The SMILES string of the molecule is C[C@H](NC(=O)c1cc(C(F)(F)F)cc(C(F)(F)F)c1)C(=O)N=CN(C)C. The van der Waals surface area contributed by atoms with Gasteiger partial charge in [-0.1, -0.05) is 0 Å². The minimum absolute atomic E-state index is 0.0905. The van der Waals surface area contributed by atoms with Crippen LogP contribution in [0.2, 0.25) is 0 Å². The third kappa shape index (κ3) is 6.05. The highest BCUT2D eigenvalue weighted by Gasteiger charge is 2.37. The molecule has 1 aromatic carbocycles. The molecule has 0 aromatic heterocycles. The Morgan fingerprint density at radius 3 is 1.88 bits per heavy atom. The maximum absolute atomic E-state index is 12.8. The summed E-state index contributed by atoms with van der Waals surface area (Å²) >= 11 is 0. The number of amides is 2. The van der Waals surface area contributed by atoms with Crippen LogP contribution >= 0.6 is 0 Å². The second-order valence-electron chi connectivity index (χ2n) is 5.54. The fourth-order valence-corrected chi connectivity index (χ4v) is 1.71. The quantitative estimate of drug-likeness (QED) is 0.494. The van der Waals surface area contributed by atoms with Crippen LogP contribution in [0.3, 0.4) is 0 Å². The van der Waals surface area contributed by atoms with Crippen LogP contribution in [0.1, 0.15) is 28.4 Å². The molecule has 0 aliphatic carbocycles. The molecule has 0 fully saturated rings. The van der Waals surface area contributed by atoms with Gasteiger partial charge in [0.2, 0.25) is 0 Å². The van der Waals surface area contributed by atoms with Gasteiger partial charge in [0.1, 0.15) is 6.04 Å². The van der Waals surface area contributed by atoms with Gasteiger partial charge in [-0.25, -0.2) is 4.99 Å². The Morgan fingerprint density at radius 2 is 1.50 bits per heavy atom. The van der Waals surface area contributed by atoms with Crippen LogP contribution < -0.4 is 5.32 Å². The van der Waals surface area contributed by atoms with Gasteiger partial charge in [-0.2, -0.15) is 26.3 Å². The molecule has 1 rings (SSSR count). The largest absolute Gasteiger partial charge is 0.416 e. The minimum atomic E-state index is -5.08. The molecule has 11 heteroatoms. The monoisotopic (exact) mass is 383 g/mol. The Labute approximate surface area is 144 Å². The minimum Gasteiger partial charge on any atom is -0.369 e. The Hall–Kier alpha value is -2.59. The smallest absolute Gasteiger partial charge is 0.369 e. The summed E-state index contributed by atoms with van der Waals surface area (Å²) in [6.45, 7) is 1.20. The summed E-state index contributed by atoms with van der Waals surface area (Å²) in [7, 11) is 3.14. The number of nitrogens with one attached hydrogen (secondary N) is 1. The first kappa shape index (κ1) is 21.5. The van der Waals surface area contributed by atoms with Crippen molar-refractivity contribution in [3.63, 3.8) is 0 Å². The average molecular weight is 383 g/mol. The lowest BCUT2D eigenvalue weighted by Gasteiger charge is -2.15. The van der Waals surface area contributed by atoms with E-state index in [0.717, 1.165) is 6.34 Å². The molecule has 26 heavy (non-hydrogen) atoms. The Kier molecular flexibility index (Phi) is 6.39. The average Bonchev–Trinajstić information content (AvgIpc) is 2.50. The molecule has 5 nitrogen and oxygen atoms in total. The van der Waals surface area contributed by atoms with Crippen LogP contribution in [0.4, 0.5) is 26.3 Å². The lowest BCUT2D eigenvalue weighted by molar-refractivity contribution is -0.143. The Balaban J connectivity index is 3.13. The van der Waals surface area contributed by atoms with E-state index in [-0.39, 0.29) is 18.2 Å². The van der Waals surface area contributed by atoms with E-state index in [1.807, 2.05) is 5.32 Å². The van der Waals surface area contributed by atoms with Crippen LogP contribution in [0.5, 0.6) is 0 Å². The van der Waals surface area contributed by atoms with Crippen LogP contribution in [0.15, 0.2) is 23.2 Å². The lowest BCUT2D eigenvalue weighted by Crippen LogP contribution is -2.38. The Bertz CT molecular complexity index is 678. The van der Waals surface area contributed by atoms with Crippen molar-refractivity contribution >= 4 is 18.2 Å². The summed E-state index contributed by atoms with van der Waals surface area (Å²) in [5.74, 6) is -2.09. The van der Waals surface area contributed by atoms with E-state index in [2.05, 4.69) is 4.99 Å². The zero-order chi connectivity index (χ0) is 20.3. The normalized spacial score (nSPS) is 13.6. The predicted octanol–water partition coefficient (Wildman–Crippen LogP) is 2.96. The number of nitrogens with zero attached hydrogens (tertiary/aromatic N) is 2. The van der Waals surface area contributed by atoms with Crippen molar-refractivity contribution in [2.24, 2.45) is 4.99 Å². The van der Waals surface area contributed by atoms with Crippen molar-refractivity contribution in [1.82, 2.24) is 10.2 Å². The van der Waals surface area contributed by atoms with E-state index in [0.29, 0.717) is 0 Å². The van der Waals surface area contributed by atoms with Gasteiger partial charge >= 0.3 is 12.4 Å². The van der Waals surface area contributed by atoms with Crippen molar-refractivity contribution in [1.29, 1.82) is 0 Å². The molecule has 0 saturated heterocycles. The number of carbonyl (C=O) groups is 2. The highest BCUT2D eigenvalue weighted by atomic mass is 19.4. The predicted molar refractivity (Wildman–Crippen MR) is 80.6 cm³/mol. The van der Waals surface area contributed by atoms with Gasteiger partial charge in [0.15, 0.2) is 0 Å². The third-order valence-electron chi connectivity index (χ3n) is 2.98. The first-order chi connectivity index (χ1) is 11.7. The summed E-state index contributed by atoms with van der Waals surface area (Å²) in [5, 5.41) is 2.02. The highest BCUT2D eigenvalue weighted by Crippen LogP contribution is 2.36. The Morgan fingerprint density at radius 1 is 1.04 bits per heavy atom. The van der Waals surface area contributed by atoms with Gasteiger partial charge in [-0.15, -0.1) is 0 Å². The van der Waals surface area contributed by atoms with Crippen LogP contribution in [0.25, 0.3) is 0 Å². The summed E-state index contributed by atoms with van der Waals surface area (Å²) in [4.78, 5) is 28.6. The van der Waals surface area contributed by atoms with Gasteiger partial charge in [0, 0.05) is 19.7 Å². The molecule has 144 valence electrons. The molecule has 0 spiro atoms. The number of hydrogen-bond acceptors (Lipinski definition) is 2. The highest BCUT2D eigenvalue weighted by molar-refractivity contribution is 5.98. The summed E-state index contributed by atoms with van der Waals surface area (Å²) in [5.41, 5.74) is -4.12. The summed E-state index contributed by atoms with van der Waals surface area (Å²) in [6, 6.07) is -0.773. The van der Waals surface area contributed by atoms with E-state index in [4.69, 9.17) is 0 Å². The van der Waals surface area contributed by atoms with Gasteiger partial charge in [-0.05, 0) is 25.1 Å². The van der Waals surface area contributed by atoms with Crippen molar-refractivity contribution in [3.8, 4) is 0 Å². The second kappa shape index (κ2) is 7.75. The van der Waals surface area contributed by atoms with E-state index in [1.165, 1.54) is 11.8 Å². The number of rotatable bonds is 4. The molecule has 1 aromatic rings. The van der Waals surface area contributed by atoms with Crippen molar-refractivity contribution in [2.75, 3.05) is 14.1 Å². The summed E-state index contributed by atoms with van der Waals surface area (Å²) < 4.78 is 76.7. The van der Waals surface area contributed by atoms with Crippen molar-refractivity contribution in [2.45, 2.75) is 25.3 Å². The molecule has 0 unspecified atom stereocenters.